The van der Waals surface area contributed by atoms with Crippen molar-refractivity contribution >= 4 is 15.9 Å². The van der Waals surface area contributed by atoms with Gasteiger partial charge in [-0.2, -0.15) is 0 Å². The minimum absolute atomic E-state index is 0.0925. The molecule has 1 aliphatic heterocycles. The van der Waals surface area contributed by atoms with E-state index in [0.29, 0.717) is 6.42 Å². The van der Waals surface area contributed by atoms with E-state index in [1.807, 2.05) is 24.3 Å². The molecule has 0 spiro atoms. The zero-order chi connectivity index (χ0) is 13.4. The van der Waals surface area contributed by atoms with Gasteiger partial charge in [0.2, 0.25) is 0 Å². The van der Waals surface area contributed by atoms with E-state index in [0.717, 1.165) is 21.3 Å². The fourth-order valence-electron chi connectivity index (χ4n) is 2.40. The molecule has 0 saturated carbocycles. The molecular weight excluding hydrogens is 309 g/mol. The molecule has 2 N–H and O–H groups in total. The van der Waals surface area contributed by atoms with Crippen molar-refractivity contribution < 1.29 is 9.13 Å². The fraction of sp³-hybridized carbons (Fsp3) is 0.200. The number of para-hydroxylation sites is 1. The Bertz CT molecular complexity index is 617. The van der Waals surface area contributed by atoms with Gasteiger partial charge < -0.3 is 10.5 Å². The summed E-state index contributed by atoms with van der Waals surface area (Å²) >= 11 is 3.44. The van der Waals surface area contributed by atoms with Gasteiger partial charge in [0.25, 0.3) is 0 Å². The Morgan fingerprint density at radius 2 is 1.95 bits per heavy atom. The molecule has 2 aromatic carbocycles. The van der Waals surface area contributed by atoms with E-state index in [9.17, 15) is 4.39 Å². The molecule has 2 unspecified atom stereocenters. The van der Waals surface area contributed by atoms with Crippen LogP contribution >= 0.6 is 15.9 Å². The van der Waals surface area contributed by atoms with Crippen LogP contribution in [-0.4, -0.2) is 0 Å². The number of fused-ring (bicyclic) bond motifs is 1. The van der Waals surface area contributed by atoms with Crippen molar-refractivity contribution in [3.63, 3.8) is 0 Å². The summed E-state index contributed by atoms with van der Waals surface area (Å²) in [6.45, 7) is 0. The van der Waals surface area contributed by atoms with Crippen molar-refractivity contribution in [3.05, 3.63) is 63.9 Å². The minimum Gasteiger partial charge on any atom is -0.485 e. The molecule has 4 heteroatoms. The number of ether oxygens (including phenoxy) is 1. The van der Waals surface area contributed by atoms with Crippen molar-refractivity contribution in [2.45, 2.75) is 18.6 Å². The Morgan fingerprint density at radius 1 is 1.16 bits per heavy atom. The van der Waals surface area contributed by atoms with Crippen LogP contribution in [0.4, 0.5) is 4.39 Å². The third kappa shape index (κ3) is 2.38. The maximum atomic E-state index is 13.4. The summed E-state index contributed by atoms with van der Waals surface area (Å²) in [6.07, 6.45) is 0.411. The average molecular weight is 322 g/mol. The van der Waals surface area contributed by atoms with E-state index in [1.165, 1.54) is 12.1 Å². The first-order chi connectivity index (χ1) is 9.15. The summed E-state index contributed by atoms with van der Waals surface area (Å²) in [5.74, 6) is 0.511. The zero-order valence-electron chi connectivity index (χ0n) is 10.1. The fourth-order valence-corrected chi connectivity index (χ4v) is 2.91. The van der Waals surface area contributed by atoms with Gasteiger partial charge in [0.15, 0.2) is 0 Å². The molecule has 2 aromatic rings. The second-order valence-electron chi connectivity index (χ2n) is 4.65. The lowest BCUT2D eigenvalue weighted by molar-refractivity contribution is 0.160. The standard InChI is InChI=1S/C15H13BrFNO/c16-12-6-5-9(17)7-11(12)15-8-13(18)10-3-1-2-4-14(10)19-15/h1-7,13,15H,8,18H2. The second-order valence-corrected chi connectivity index (χ2v) is 5.51. The topological polar surface area (TPSA) is 35.2 Å². The molecule has 3 rings (SSSR count). The Kier molecular flexibility index (Phi) is 3.29. The molecule has 0 fully saturated rings. The van der Waals surface area contributed by atoms with E-state index in [2.05, 4.69) is 15.9 Å². The molecule has 0 saturated heterocycles. The number of rotatable bonds is 1. The van der Waals surface area contributed by atoms with E-state index in [-0.39, 0.29) is 18.0 Å². The van der Waals surface area contributed by atoms with Gasteiger partial charge in [0.1, 0.15) is 17.7 Å². The molecule has 1 aliphatic rings. The molecule has 2 atom stereocenters. The van der Waals surface area contributed by atoms with Gasteiger partial charge in [0.05, 0.1) is 0 Å². The predicted molar refractivity (Wildman–Crippen MR) is 75.5 cm³/mol. The van der Waals surface area contributed by atoms with Crippen LogP contribution in [0.25, 0.3) is 0 Å². The van der Waals surface area contributed by atoms with Gasteiger partial charge in [-0.25, -0.2) is 4.39 Å². The molecule has 0 amide bonds. The Morgan fingerprint density at radius 3 is 2.79 bits per heavy atom. The third-order valence-electron chi connectivity index (χ3n) is 3.36. The van der Waals surface area contributed by atoms with Gasteiger partial charge in [-0.05, 0) is 24.3 Å². The van der Waals surface area contributed by atoms with Crippen LogP contribution in [0.5, 0.6) is 5.75 Å². The van der Waals surface area contributed by atoms with Gasteiger partial charge in [0, 0.05) is 28.1 Å². The summed E-state index contributed by atoms with van der Waals surface area (Å²) < 4.78 is 20.2. The molecular formula is C15H13BrFNO. The number of benzene rings is 2. The highest BCUT2D eigenvalue weighted by Crippen LogP contribution is 2.41. The molecule has 2 nitrogen and oxygen atoms in total. The molecule has 0 radical (unpaired) electrons. The van der Waals surface area contributed by atoms with Gasteiger partial charge in [-0.1, -0.05) is 34.1 Å². The minimum atomic E-state index is -0.269. The Hall–Kier alpha value is -1.39. The van der Waals surface area contributed by atoms with E-state index < -0.39 is 0 Å². The number of nitrogens with two attached hydrogens (primary N) is 1. The quantitative estimate of drug-likeness (QED) is 0.857. The predicted octanol–water partition coefficient (Wildman–Crippen LogP) is 4.11. The summed E-state index contributed by atoms with van der Waals surface area (Å²) in [5.41, 5.74) is 7.98. The van der Waals surface area contributed by atoms with Crippen LogP contribution in [0.15, 0.2) is 46.9 Å². The van der Waals surface area contributed by atoms with Crippen LogP contribution in [-0.2, 0) is 0 Å². The van der Waals surface area contributed by atoms with Crippen molar-refractivity contribution in [2.75, 3.05) is 0 Å². The molecule has 19 heavy (non-hydrogen) atoms. The van der Waals surface area contributed by atoms with E-state index in [1.54, 1.807) is 6.07 Å². The molecule has 1 heterocycles. The first-order valence-corrected chi connectivity index (χ1v) is 6.90. The largest absolute Gasteiger partial charge is 0.485 e. The SMILES string of the molecule is NC1CC(c2cc(F)ccc2Br)Oc2ccccc21. The van der Waals surface area contributed by atoms with Crippen molar-refractivity contribution in [1.82, 2.24) is 0 Å². The second kappa shape index (κ2) is 4.94. The van der Waals surface area contributed by atoms with Gasteiger partial charge >= 0.3 is 0 Å². The van der Waals surface area contributed by atoms with Crippen LogP contribution in [0.1, 0.15) is 29.7 Å². The number of hydrogen-bond donors (Lipinski definition) is 1. The smallest absolute Gasteiger partial charge is 0.127 e. The maximum absolute atomic E-state index is 13.4. The normalized spacial score (nSPS) is 21.6. The lowest BCUT2D eigenvalue weighted by Gasteiger charge is -2.31. The molecule has 0 aliphatic carbocycles. The summed E-state index contributed by atoms with van der Waals surface area (Å²) in [7, 11) is 0. The maximum Gasteiger partial charge on any atom is 0.127 e. The highest BCUT2D eigenvalue weighted by atomic mass is 79.9. The van der Waals surface area contributed by atoms with Crippen LogP contribution in [0, 0.1) is 5.82 Å². The Labute approximate surface area is 119 Å². The van der Waals surface area contributed by atoms with Crippen molar-refractivity contribution in [3.8, 4) is 5.75 Å². The van der Waals surface area contributed by atoms with E-state index >= 15 is 0 Å². The molecule has 0 bridgehead atoms. The van der Waals surface area contributed by atoms with Gasteiger partial charge in [-0.3, -0.25) is 0 Å². The van der Waals surface area contributed by atoms with Crippen LogP contribution in [0.2, 0.25) is 0 Å². The lowest BCUT2D eigenvalue weighted by Crippen LogP contribution is -2.24. The van der Waals surface area contributed by atoms with Crippen molar-refractivity contribution in [2.24, 2.45) is 5.73 Å². The lowest BCUT2D eigenvalue weighted by atomic mass is 9.93. The average Bonchev–Trinajstić information content (AvgIpc) is 2.41. The summed E-state index contributed by atoms with van der Waals surface area (Å²) in [6, 6.07) is 12.2. The zero-order valence-corrected chi connectivity index (χ0v) is 11.7. The molecule has 98 valence electrons. The summed E-state index contributed by atoms with van der Waals surface area (Å²) in [4.78, 5) is 0. The first-order valence-electron chi connectivity index (χ1n) is 6.11. The Balaban J connectivity index is 1.99. The highest BCUT2D eigenvalue weighted by molar-refractivity contribution is 9.10. The van der Waals surface area contributed by atoms with Gasteiger partial charge in [-0.15, -0.1) is 0 Å². The third-order valence-corrected chi connectivity index (χ3v) is 4.08. The first kappa shape index (κ1) is 12.6. The molecule has 0 aromatic heterocycles. The van der Waals surface area contributed by atoms with Crippen LogP contribution < -0.4 is 10.5 Å². The monoisotopic (exact) mass is 321 g/mol. The van der Waals surface area contributed by atoms with Crippen molar-refractivity contribution in [1.29, 1.82) is 0 Å². The highest BCUT2D eigenvalue weighted by Gasteiger charge is 2.28. The summed E-state index contributed by atoms with van der Waals surface area (Å²) in [5, 5.41) is 0. The number of halogens is 2. The number of hydrogen-bond acceptors (Lipinski definition) is 2. The van der Waals surface area contributed by atoms with Crippen LogP contribution in [0.3, 0.4) is 0 Å². The van der Waals surface area contributed by atoms with E-state index in [4.69, 9.17) is 10.5 Å².